The van der Waals surface area contributed by atoms with E-state index in [0.717, 1.165) is 16.6 Å². The number of hydrogen-bond donors (Lipinski definition) is 1. The molecular weight excluding hydrogens is 270 g/mol. The monoisotopic (exact) mass is 279 g/mol. The summed E-state index contributed by atoms with van der Waals surface area (Å²) in [6, 6.07) is 17.2. The van der Waals surface area contributed by atoms with Gasteiger partial charge in [-0.15, -0.1) is 0 Å². The highest BCUT2D eigenvalue weighted by molar-refractivity contribution is 6.32. The summed E-state index contributed by atoms with van der Waals surface area (Å²) in [7, 11) is 0. The van der Waals surface area contributed by atoms with E-state index in [-0.39, 0.29) is 0 Å². The maximum atomic E-state index is 9.34. The van der Waals surface area contributed by atoms with Crippen LogP contribution in [0.2, 0.25) is 5.02 Å². The molecule has 0 spiro atoms. The highest BCUT2D eigenvalue weighted by atomic mass is 35.5. The zero-order chi connectivity index (χ0) is 13.9. The number of nitrogens with zero attached hydrogens (tertiary/aromatic N) is 2. The van der Waals surface area contributed by atoms with Crippen LogP contribution in [0.3, 0.4) is 0 Å². The van der Waals surface area contributed by atoms with Gasteiger partial charge in [-0.3, -0.25) is 0 Å². The third-order valence-corrected chi connectivity index (χ3v) is 3.31. The first kappa shape index (κ1) is 12.5. The molecule has 0 fully saturated rings. The van der Waals surface area contributed by atoms with Crippen molar-refractivity contribution < 1.29 is 0 Å². The van der Waals surface area contributed by atoms with Gasteiger partial charge in [0.25, 0.3) is 0 Å². The molecule has 0 saturated carbocycles. The number of allylic oxidation sites excluding steroid dienone is 1. The van der Waals surface area contributed by atoms with Crippen LogP contribution in [0, 0.1) is 11.3 Å². The molecule has 1 heterocycles. The molecule has 1 aromatic heterocycles. The molecule has 96 valence electrons. The summed E-state index contributed by atoms with van der Waals surface area (Å²) in [6.45, 7) is 0. The van der Waals surface area contributed by atoms with E-state index in [4.69, 9.17) is 11.6 Å². The lowest BCUT2D eigenvalue weighted by atomic mass is 10.1. The van der Waals surface area contributed by atoms with Gasteiger partial charge in [-0.25, -0.2) is 4.98 Å². The third kappa shape index (κ3) is 2.29. The van der Waals surface area contributed by atoms with Gasteiger partial charge >= 0.3 is 0 Å². The van der Waals surface area contributed by atoms with E-state index in [1.807, 2.05) is 42.5 Å². The van der Waals surface area contributed by atoms with Crippen LogP contribution >= 0.6 is 11.6 Å². The van der Waals surface area contributed by atoms with E-state index in [1.54, 1.807) is 12.1 Å². The van der Waals surface area contributed by atoms with Crippen molar-refractivity contribution in [2.45, 2.75) is 0 Å². The largest absolute Gasteiger partial charge is 0.337 e. The Morgan fingerprint density at radius 3 is 2.65 bits per heavy atom. The fourth-order valence-electron chi connectivity index (χ4n) is 1.98. The summed E-state index contributed by atoms with van der Waals surface area (Å²) in [5.41, 5.74) is 2.99. The summed E-state index contributed by atoms with van der Waals surface area (Å²) >= 11 is 6.11. The van der Waals surface area contributed by atoms with E-state index in [9.17, 15) is 5.26 Å². The topological polar surface area (TPSA) is 52.5 Å². The molecule has 0 aliphatic carbocycles. The van der Waals surface area contributed by atoms with Gasteiger partial charge in [-0.1, -0.05) is 41.9 Å². The minimum atomic E-state index is 0.453. The molecule has 0 aliphatic heterocycles. The van der Waals surface area contributed by atoms with E-state index in [2.05, 4.69) is 16.0 Å². The van der Waals surface area contributed by atoms with Crippen molar-refractivity contribution in [1.82, 2.24) is 9.97 Å². The Labute approximate surface area is 121 Å². The molecule has 3 aromatic rings. The number of aromatic nitrogens is 2. The van der Waals surface area contributed by atoms with E-state index in [1.165, 1.54) is 0 Å². The Morgan fingerprint density at radius 1 is 1.15 bits per heavy atom. The van der Waals surface area contributed by atoms with Crippen LogP contribution in [0.25, 0.3) is 22.7 Å². The Balaban J connectivity index is 2.10. The molecule has 2 aromatic carbocycles. The lowest BCUT2D eigenvalue weighted by Crippen LogP contribution is -1.85. The lowest BCUT2D eigenvalue weighted by Gasteiger charge is -1.98. The molecule has 20 heavy (non-hydrogen) atoms. The second-order valence-corrected chi connectivity index (χ2v) is 4.70. The zero-order valence-corrected chi connectivity index (χ0v) is 11.2. The molecule has 0 radical (unpaired) electrons. The van der Waals surface area contributed by atoms with Crippen LogP contribution in [0.4, 0.5) is 0 Å². The SMILES string of the molecule is N#C/C(=C/c1ccccc1Cl)c1nc2ccccc2[nH]1. The predicted molar refractivity (Wildman–Crippen MR) is 81.0 cm³/mol. The average molecular weight is 280 g/mol. The molecule has 0 amide bonds. The molecule has 1 N–H and O–H groups in total. The van der Waals surface area contributed by atoms with Gasteiger partial charge in [-0.05, 0) is 29.8 Å². The zero-order valence-electron chi connectivity index (χ0n) is 10.5. The van der Waals surface area contributed by atoms with Crippen molar-refractivity contribution in [1.29, 1.82) is 5.26 Å². The third-order valence-electron chi connectivity index (χ3n) is 2.97. The highest BCUT2D eigenvalue weighted by Crippen LogP contribution is 2.22. The van der Waals surface area contributed by atoms with Crippen LogP contribution in [0.1, 0.15) is 11.4 Å². The quantitative estimate of drug-likeness (QED) is 0.712. The van der Waals surface area contributed by atoms with Crippen LogP contribution < -0.4 is 0 Å². The fourth-order valence-corrected chi connectivity index (χ4v) is 2.17. The summed E-state index contributed by atoms with van der Waals surface area (Å²) < 4.78 is 0. The van der Waals surface area contributed by atoms with Crippen LogP contribution in [-0.4, -0.2) is 9.97 Å². The maximum Gasteiger partial charge on any atom is 0.149 e. The predicted octanol–water partition coefficient (Wildman–Crippen LogP) is 4.28. The average Bonchev–Trinajstić information content (AvgIpc) is 2.90. The van der Waals surface area contributed by atoms with Gasteiger partial charge in [0.15, 0.2) is 0 Å². The van der Waals surface area contributed by atoms with Crippen LogP contribution in [0.5, 0.6) is 0 Å². The van der Waals surface area contributed by atoms with E-state index < -0.39 is 0 Å². The number of halogens is 1. The van der Waals surface area contributed by atoms with E-state index in [0.29, 0.717) is 16.4 Å². The van der Waals surface area contributed by atoms with Gasteiger partial charge in [0.05, 0.1) is 16.6 Å². The number of rotatable bonds is 2. The molecule has 4 heteroatoms. The Hall–Kier alpha value is -2.57. The Kier molecular flexibility index (Phi) is 3.24. The van der Waals surface area contributed by atoms with Crippen molar-refractivity contribution in [3.63, 3.8) is 0 Å². The number of benzene rings is 2. The van der Waals surface area contributed by atoms with Crippen molar-refractivity contribution in [2.75, 3.05) is 0 Å². The minimum Gasteiger partial charge on any atom is -0.337 e. The Bertz CT molecular complexity index is 807. The number of nitriles is 1. The first-order valence-electron chi connectivity index (χ1n) is 6.09. The maximum absolute atomic E-state index is 9.34. The molecule has 3 nitrogen and oxygen atoms in total. The van der Waals surface area contributed by atoms with Gasteiger partial charge in [-0.2, -0.15) is 5.26 Å². The standard InChI is InChI=1S/C16H10ClN3/c17-13-6-2-1-5-11(13)9-12(10-18)16-19-14-7-3-4-8-15(14)20-16/h1-9H,(H,19,20)/b12-9-. The number of aromatic amines is 1. The molecule has 0 saturated heterocycles. The van der Waals surface area contributed by atoms with E-state index >= 15 is 0 Å². The number of para-hydroxylation sites is 2. The highest BCUT2D eigenvalue weighted by Gasteiger charge is 2.08. The molecule has 0 bridgehead atoms. The van der Waals surface area contributed by atoms with Crippen LogP contribution in [-0.2, 0) is 0 Å². The number of nitrogens with one attached hydrogen (secondary N) is 1. The van der Waals surface area contributed by atoms with Crippen molar-refractivity contribution in [3.8, 4) is 6.07 Å². The molecule has 0 atom stereocenters. The summed E-state index contributed by atoms with van der Waals surface area (Å²) in [5, 5.41) is 9.94. The first-order valence-corrected chi connectivity index (χ1v) is 6.47. The first-order chi connectivity index (χ1) is 9.78. The Morgan fingerprint density at radius 2 is 1.90 bits per heavy atom. The van der Waals surface area contributed by atoms with Gasteiger partial charge < -0.3 is 4.98 Å². The number of H-pyrrole nitrogens is 1. The second kappa shape index (κ2) is 5.20. The van der Waals surface area contributed by atoms with Crippen LogP contribution in [0.15, 0.2) is 48.5 Å². The number of imidazole rings is 1. The number of fused-ring (bicyclic) bond motifs is 1. The normalized spacial score (nSPS) is 11.5. The summed E-state index contributed by atoms with van der Waals surface area (Å²) in [4.78, 5) is 7.56. The van der Waals surface area contributed by atoms with Gasteiger partial charge in [0, 0.05) is 5.02 Å². The van der Waals surface area contributed by atoms with Crippen molar-refractivity contribution in [2.24, 2.45) is 0 Å². The molecule has 0 aliphatic rings. The molecular formula is C16H10ClN3. The number of hydrogen-bond acceptors (Lipinski definition) is 2. The molecule has 0 unspecified atom stereocenters. The fraction of sp³-hybridized carbons (Fsp3) is 0. The van der Waals surface area contributed by atoms with Gasteiger partial charge in [0.1, 0.15) is 11.9 Å². The summed E-state index contributed by atoms with van der Waals surface area (Å²) in [5.74, 6) is 0.550. The second-order valence-electron chi connectivity index (χ2n) is 4.29. The van der Waals surface area contributed by atoms with Gasteiger partial charge in [0.2, 0.25) is 0 Å². The lowest BCUT2D eigenvalue weighted by molar-refractivity contribution is 1.27. The summed E-state index contributed by atoms with van der Waals surface area (Å²) in [6.07, 6.45) is 1.74. The molecule has 3 rings (SSSR count). The van der Waals surface area contributed by atoms with Crippen molar-refractivity contribution in [3.05, 3.63) is 64.9 Å². The smallest absolute Gasteiger partial charge is 0.149 e. The minimum absolute atomic E-state index is 0.453. The van der Waals surface area contributed by atoms with Crippen molar-refractivity contribution >= 4 is 34.3 Å².